The smallest absolute Gasteiger partial charge is 0.148 e. The standard InChI is InChI=1S/C20H23NO4/c1-2-10-24-18-7-5-16(6-8-18)14-21-9-12-23-15-17(21)13-19(22)20-4-3-11-25-20/h1,3-8,11,17,19,22H,9-10,12-15H2. The van der Waals surface area contributed by atoms with Gasteiger partial charge in [0, 0.05) is 19.1 Å². The minimum atomic E-state index is -0.622. The van der Waals surface area contributed by atoms with Gasteiger partial charge >= 0.3 is 0 Å². The number of hydrogen-bond donors (Lipinski definition) is 1. The van der Waals surface area contributed by atoms with Gasteiger partial charge in [0.05, 0.1) is 19.5 Å². The van der Waals surface area contributed by atoms with Crippen molar-refractivity contribution >= 4 is 0 Å². The first kappa shape index (κ1) is 17.6. The van der Waals surface area contributed by atoms with Crippen LogP contribution in [-0.2, 0) is 11.3 Å². The van der Waals surface area contributed by atoms with Crippen LogP contribution in [-0.4, -0.2) is 42.4 Å². The normalized spacial score (nSPS) is 19.3. The third-order valence-electron chi connectivity index (χ3n) is 4.35. The number of furan rings is 1. The van der Waals surface area contributed by atoms with E-state index in [1.807, 2.05) is 24.3 Å². The highest BCUT2D eigenvalue weighted by Crippen LogP contribution is 2.24. The number of hydrogen-bond acceptors (Lipinski definition) is 5. The predicted octanol–water partition coefficient (Wildman–Crippen LogP) is 2.62. The van der Waals surface area contributed by atoms with Gasteiger partial charge < -0.3 is 19.0 Å². The maximum Gasteiger partial charge on any atom is 0.148 e. The average molecular weight is 341 g/mol. The summed E-state index contributed by atoms with van der Waals surface area (Å²) in [5.41, 5.74) is 1.19. The lowest BCUT2D eigenvalue weighted by Crippen LogP contribution is -2.45. The Labute approximate surface area is 148 Å². The fourth-order valence-corrected chi connectivity index (χ4v) is 3.02. The molecule has 1 aromatic heterocycles. The van der Waals surface area contributed by atoms with Crippen molar-refractivity contribution in [3.05, 3.63) is 54.0 Å². The number of ether oxygens (including phenoxy) is 2. The van der Waals surface area contributed by atoms with Crippen LogP contribution in [0.15, 0.2) is 47.1 Å². The van der Waals surface area contributed by atoms with E-state index in [0.717, 1.165) is 18.8 Å². The lowest BCUT2D eigenvalue weighted by atomic mass is 10.0. The first-order valence-corrected chi connectivity index (χ1v) is 8.44. The largest absolute Gasteiger partial charge is 0.481 e. The highest BCUT2D eigenvalue weighted by molar-refractivity contribution is 5.27. The van der Waals surface area contributed by atoms with Crippen LogP contribution in [0.2, 0.25) is 0 Å². The van der Waals surface area contributed by atoms with E-state index in [-0.39, 0.29) is 12.6 Å². The maximum absolute atomic E-state index is 10.4. The summed E-state index contributed by atoms with van der Waals surface area (Å²) in [5.74, 6) is 3.83. The molecular formula is C20H23NO4. The summed E-state index contributed by atoms with van der Waals surface area (Å²) in [4.78, 5) is 2.34. The van der Waals surface area contributed by atoms with E-state index in [9.17, 15) is 5.11 Å². The zero-order chi connectivity index (χ0) is 17.5. The van der Waals surface area contributed by atoms with Gasteiger partial charge in [0.1, 0.15) is 24.2 Å². The van der Waals surface area contributed by atoms with E-state index >= 15 is 0 Å². The van der Waals surface area contributed by atoms with E-state index in [1.54, 1.807) is 18.4 Å². The van der Waals surface area contributed by atoms with E-state index in [1.165, 1.54) is 5.56 Å². The molecule has 2 unspecified atom stereocenters. The van der Waals surface area contributed by atoms with Gasteiger partial charge in [-0.25, -0.2) is 0 Å². The molecule has 5 heteroatoms. The summed E-state index contributed by atoms with van der Waals surface area (Å²) in [5, 5.41) is 10.4. The van der Waals surface area contributed by atoms with Crippen molar-refractivity contribution in [1.29, 1.82) is 0 Å². The van der Waals surface area contributed by atoms with Crippen molar-refractivity contribution in [3.8, 4) is 18.1 Å². The van der Waals surface area contributed by atoms with Crippen molar-refractivity contribution in [2.24, 2.45) is 0 Å². The first-order valence-electron chi connectivity index (χ1n) is 8.44. The van der Waals surface area contributed by atoms with Crippen molar-refractivity contribution in [1.82, 2.24) is 4.90 Å². The van der Waals surface area contributed by atoms with Crippen LogP contribution in [0.4, 0.5) is 0 Å². The van der Waals surface area contributed by atoms with Crippen LogP contribution in [0, 0.1) is 12.3 Å². The summed E-state index contributed by atoms with van der Waals surface area (Å²) in [6.45, 7) is 3.23. The molecule has 0 spiro atoms. The second kappa shape index (κ2) is 8.72. The summed E-state index contributed by atoms with van der Waals surface area (Å²) >= 11 is 0. The molecule has 1 aliphatic heterocycles. The van der Waals surface area contributed by atoms with Crippen LogP contribution >= 0.6 is 0 Å². The Balaban J connectivity index is 1.60. The third-order valence-corrected chi connectivity index (χ3v) is 4.35. The quantitative estimate of drug-likeness (QED) is 0.785. The molecule has 0 amide bonds. The molecule has 0 aliphatic carbocycles. The average Bonchev–Trinajstić information content (AvgIpc) is 3.18. The van der Waals surface area contributed by atoms with Gasteiger partial charge in [-0.3, -0.25) is 4.90 Å². The molecule has 1 aromatic carbocycles. The van der Waals surface area contributed by atoms with E-state index in [4.69, 9.17) is 20.3 Å². The minimum Gasteiger partial charge on any atom is -0.481 e. The molecule has 132 valence electrons. The highest BCUT2D eigenvalue weighted by Gasteiger charge is 2.27. The molecule has 0 radical (unpaired) electrons. The molecule has 1 N–H and O–H groups in total. The van der Waals surface area contributed by atoms with Crippen LogP contribution < -0.4 is 4.74 Å². The summed E-state index contributed by atoms with van der Waals surface area (Å²) < 4.78 is 16.3. The third kappa shape index (κ3) is 4.86. The van der Waals surface area contributed by atoms with Crippen molar-refractivity contribution < 1.29 is 19.0 Å². The zero-order valence-corrected chi connectivity index (χ0v) is 14.1. The molecule has 5 nitrogen and oxygen atoms in total. The SMILES string of the molecule is C#CCOc1ccc(CN2CCOCC2CC(O)c2ccco2)cc1. The van der Waals surface area contributed by atoms with Gasteiger partial charge in [-0.05, 0) is 36.2 Å². The molecular weight excluding hydrogens is 318 g/mol. The zero-order valence-electron chi connectivity index (χ0n) is 14.1. The molecule has 2 heterocycles. The van der Waals surface area contributed by atoms with Crippen LogP contribution in [0.3, 0.4) is 0 Å². The monoisotopic (exact) mass is 341 g/mol. The highest BCUT2D eigenvalue weighted by atomic mass is 16.5. The molecule has 0 saturated carbocycles. The molecule has 3 rings (SSSR count). The van der Waals surface area contributed by atoms with Crippen LogP contribution in [0.25, 0.3) is 0 Å². The lowest BCUT2D eigenvalue weighted by Gasteiger charge is -2.36. The Kier molecular flexibility index (Phi) is 6.13. The summed E-state index contributed by atoms with van der Waals surface area (Å²) in [6, 6.07) is 11.7. The Bertz CT molecular complexity index is 675. The van der Waals surface area contributed by atoms with Crippen molar-refractivity contribution in [2.45, 2.75) is 25.1 Å². The molecule has 0 bridgehead atoms. The lowest BCUT2D eigenvalue weighted by molar-refractivity contribution is -0.0323. The summed E-state index contributed by atoms with van der Waals surface area (Å²) in [7, 11) is 0. The summed E-state index contributed by atoms with van der Waals surface area (Å²) in [6.07, 6.45) is 6.74. The van der Waals surface area contributed by atoms with Crippen molar-refractivity contribution in [3.63, 3.8) is 0 Å². The van der Waals surface area contributed by atoms with E-state index < -0.39 is 6.10 Å². The second-order valence-electron chi connectivity index (χ2n) is 6.10. The van der Waals surface area contributed by atoms with Gasteiger partial charge in [0.15, 0.2) is 0 Å². The Morgan fingerprint density at radius 2 is 2.16 bits per heavy atom. The Morgan fingerprint density at radius 1 is 1.32 bits per heavy atom. The van der Waals surface area contributed by atoms with Crippen molar-refractivity contribution in [2.75, 3.05) is 26.4 Å². The number of aliphatic hydroxyl groups excluding tert-OH is 1. The topological polar surface area (TPSA) is 55.1 Å². The second-order valence-corrected chi connectivity index (χ2v) is 6.10. The Hall–Kier alpha value is -2.26. The number of terminal acetylenes is 1. The fourth-order valence-electron chi connectivity index (χ4n) is 3.02. The van der Waals surface area contributed by atoms with Gasteiger partial charge in [-0.2, -0.15) is 0 Å². The number of benzene rings is 1. The van der Waals surface area contributed by atoms with Crippen LogP contribution in [0.5, 0.6) is 5.75 Å². The van der Waals surface area contributed by atoms with Gasteiger partial charge in [0.2, 0.25) is 0 Å². The minimum absolute atomic E-state index is 0.145. The maximum atomic E-state index is 10.4. The number of morpholine rings is 1. The number of nitrogens with zero attached hydrogens (tertiary/aromatic N) is 1. The van der Waals surface area contributed by atoms with Crippen LogP contribution in [0.1, 0.15) is 23.8 Å². The van der Waals surface area contributed by atoms with Gasteiger partial charge in [-0.15, -0.1) is 6.42 Å². The van der Waals surface area contributed by atoms with Gasteiger partial charge in [-0.1, -0.05) is 18.1 Å². The number of aliphatic hydroxyl groups is 1. The molecule has 2 aromatic rings. The Morgan fingerprint density at radius 3 is 2.88 bits per heavy atom. The van der Waals surface area contributed by atoms with E-state index in [2.05, 4.69) is 10.8 Å². The molecule has 1 fully saturated rings. The molecule has 1 saturated heterocycles. The van der Waals surface area contributed by atoms with E-state index in [0.29, 0.717) is 25.4 Å². The number of rotatable bonds is 7. The van der Waals surface area contributed by atoms with Gasteiger partial charge in [0.25, 0.3) is 0 Å². The molecule has 2 atom stereocenters. The first-order chi connectivity index (χ1) is 12.3. The fraction of sp³-hybridized carbons (Fsp3) is 0.400. The molecule has 25 heavy (non-hydrogen) atoms. The predicted molar refractivity (Wildman–Crippen MR) is 94.1 cm³/mol. The molecule has 1 aliphatic rings.